The van der Waals surface area contributed by atoms with E-state index in [1.54, 1.807) is 0 Å². The van der Waals surface area contributed by atoms with E-state index in [2.05, 4.69) is 5.32 Å². The quantitative estimate of drug-likeness (QED) is 0.405. The first-order valence-electron chi connectivity index (χ1n) is 8.92. The van der Waals surface area contributed by atoms with Gasteiger partial charge in [0.25, 0.3) is 0 Å². The molecule has 0 spiro atoms. The van der Waals surface area contributed by atoms with Crippen molar-refractivity contribution in [3.05, 3.63) is 0 Å². The minimum absolute atomic E-state index is 0.0246. The van der Waals surface area contributed by atoms with E-state index in [0.717, 1.165) is 0 Å². The van der Waals surface area contributed by atoms with E-state index in [1.807, 2.05) is 27.7 Å². The molecule has 1 atom stereocenters. The van der Waals surface area contributed by atoms with E-state index in [-0.39, 0.29) is 36.6 Å². The van der Waals surface area contributed by atoms with Gasteiger partial charge in [-0.2, -0.15) is 0 Å². The summed E-state index contributed by atoms with van der Waals surface area (Å²) in [5, 5.41) is 12.0. The van der Waals surface area contributed by atoms with Crippen LogP contribution in [0.3, 0.4) is 0 Å². The molecule has 0 radical (unpaired) electrons. The molecular weight excluding hydrogens is 326 g/mol. The summed E-state index contributed by atoms with van der Waals surface area (Å²) in [6.45, 7) is 8.70. The third-order valence-electron chi connectivity index (χ3n) is 3.55. The molecule has 0 aromatic heterocycles. The maximum absolute atomic E-state index is 11.8. The number of rotatable bonds is 16. The molecule has 0 aromatic carbocycles. The van der Waals surface area contributed by atoms with Crippen molar-refractivity contribution in [1.82, 2.24) is 5.32 Å². The number of hydrogen-bond donors (Lipinski definition) is 2. The Kier molecular flexibility index (Phi) is 13.2. The maximum Gasteiger partial charge on any atom is 0.320 e. The summed E-state index contributed by atoms with van der Waals surface area (Å²) in [5.41, 5.74) is 0. The van der Waals surface area contributed by atoms with Crippen LogP contribution in [0.2, 0.25) is 0 Å². The van der Waals surface area contributed by atoms with E-state index in [9.17, 15) is 14.4 Å². The smallest absolute Gasteiger partial charge is 0.320 e. The van der Waals surface area contributed by atoms with Crippen LogP contribution in [0.1, 0.15) is 53.4 Å². The fourth-order valence-corrected chi connectivity index (χ4v) is 2.04. The van der Waals surface area contributed by atoms with Gasteiger partial charge in [0.05, 0.1) is 13.2 Å². The van der Waals surface area contributed by atoms with Crippen LogP contribution in [-0.2, 0) is 23.9 Å². The number of carboxylic acid groups (broad SMARTS) is 1. The van der Waals surface area contributed by atoms with Crippen LogP contribution in [0.15, 0.2) is 0 Å². The van der Waals surface area contributed by atoms with Crippen molar-refractivity contribution in [2.75, 3.05) is 26.4 Å². The molecule has 2 N–H and O–H groups in total. The Morgan fingerprint density at radius 1 is 0.960 bits per heavy atom. The summed E-state index contributed by atoms with van der Waals surface area (Å²) in [6.07, 6.45) is 1.52. The second-order valence-corrected chi connectivity index (χ2v) is 6.68. The molecule has 0 aliphatic heterocycles. The van der Waals surface area contributed by atoms with Gasteiger partial charge in [-0.1, -0.05) is 27.7 Å². The van der Waals surface area contributed by atoms with E-state index in [4.69, 9.17) is 14.6 Å². The minimum Gasteiger partial charge on any atom is -0.480 e. The van der Waals surface area contributed by atoms with Gasteiger partial charge in [0.15, 0.2) is 5.78 Å². The fourth-order valence-electron chi connectivity index (χ4n) is 2.04. The van der Waals surface area contributed by atoms with E-state index in [0.29, 0.717) is 39.1 Å². The molecule has 0 saturated heterocycles. The SMILES string of the molecule is CC(C)N[C@@H](CCC(=O)CCCOCCOCC(=O)C(C)C)C(=O)O. The monoisotopic (exact) mass is 359 g/mol. The fraction of sp³-hybridized carbons (Fsp3) is 0.833. The van der Waals surface area contributed by atoms with E-state index in [1.165, 1.54) is 0 Å². The van der Waals surface area contributed by atoms with Crippen molar-refractivity contribution < 1.29 is 29.0 Å². The largest absolute Gasteiger partial charge is 0.480 e. The van der Waals surface area contributed by atoms with Crippen LogP contribution in [0, 0.1) is 5.92 Å². The van der Waals surface area contributed by atoms with Gasteiger partial charge in [0.2, 0.25) is 0 Å². The summed E-state index contributed by atoms with van der Waals surface area (Å²) < 4.78 is 10.5. The molecule has 0 aliphatic carbocycles. The zero-order valence-corrected chi connectivity index (χ0v) is 15.9. The Hall–Kier alpha value is -1.31. The predicted octanol–water partition coefficient (Wildman–Crippen LogP) is 1.83. The summed E-state index contributed by atoms with van der Waals surface area (Å²) in [6, 6.07) is -0.631. The third kappa shape index (κ3) is 13.6. The highest BCUT2D eigenvalue weighted by molar-refractivity contribution is 5.81. The topological polar surface area (TPSA) is 102 Å². The first kappa shape index (κ1) is 23.7. The van der Waals surface area contributed by atoms with E-state index >= 15 is 0 Å². The van der Waals surface area contributed by atoms with Crippen LogP contribution in [-0.4, -0.2) is 61.2 Å². The first-order valence-corrected chi connectivity index (χ1v) is 8.92. The number of aliphatic carboxylic acids is 1. The lowest BCUT2D eigenvalue weighted by molar-refractivity contribution is -0.140. The number of nitrogens with one attached hydrogen (secondary N) is 1. The second-order valence-electron chi connectivity index (χ2n) is 6.68. The first-order chi connectivity index (χ1) is 11.7. The Morgan fingerprint density at radius 2 is 1.60 bits per heavy atom. The zero-order valence-electron chi connectivity index (χ0n) is 15.9. The minimum atomic E-state index is -0.930. The molecule has 0 unspecified atom stereocenters. The lowest BCUT2D eigenvalue weighted by Gasteiger charge is -2.16. The molecule has 0 bridgehead atoms. The summed E-state index contributed by atoms with van der Waals surface area (Å²) in [5.74, 6) is -0.847. The highest BCUT2D eigenvalue weighted by Crippen LogP contribution is 2.04. The lowest BCUT2D eigenvalue weighted by Crippen LogP contribution is -2.41. The van der Waals surface area contributed by atoms with Gasteiger partial charge in [-0.25, -0.2) is 0 Å². The van der Waals surface area contributed by atoms with Crippen LogP contribution < -0.4 is 5.32 Å². The second kappa shape index (κ2) is 13.9. The number of carboxylic acids is 1. The molecule has 0 saturated carbocycles. The van der Waals surface area contributed by atoms with Gasteiger partial charge in [-0.15, -0.1) is 0 Å². The van der Waals surface area contributed by atoms with Crippen molar-refractivity contribution in [3.63, 3.8) is 0 Å². The van der Waals surface area contributed by atoms with E-state index < -0.39 is 12.0 Å². The van der Waals surface area contributed by atoms with Gasteiger partial charge < -0.3 is 19.9 Å². The van der Waals surface area contributed by atoms with Crippen LogP contribution >= 0.6 is 0 Å². The third-order valence-corrected chi connectivity index (χ3v) is 3.55. The Labute approximate surface area is 150 Å². The standard InChI is InChI=1S/C18H33NO6/c1-13(2)17(21)12-25-11-10-24-9-5-6-15(20)7-8-16(18(22)23)19-14(3)4/h13-14,16,19H,5-12H2,1-4H3,(H,22,23)/t16-/m0/s1. The van der Waals surface area contributed by atoms with Gasteiger partial charge in [0.1, 0.15) is 18.4 Å². The molecule has 0 amide bonds. The average molecular weight is 359 g/mol. The number of Topliss-reactive ketones (excluding diaryl/α,β-unsaturated/α-hetero) is 2. The molecule has 0 rings (SSSR count). The summed E-state index contributed by atoms with van der Waals surface area (Å²) >= 11 is 0. The van der Waals surface area contributed by atoms with Gasteiger partial charge in [0, 0.05) is 31.4 Å². The molecule has 146 valence electrons. The lowest BCUT2D eigenvalue weighted by atomic mass is 10.1. The van der Waals surface area contributed by atoms with Crippen LogP contribution in [0.4, 0.5) is 0 Å². The van der Waals surface area contributed by atoms with Gasteiger partial charge in [-0.3, -0.25) is 14.4 Å². The normalized spacial score (nSPS) is 12.6. The number of carbonyl (C=O) groups is 3. The highest BCUT2D eigenvalue weighted by atomic mass is 16.5. The molecule has 0 fully saturated rings. The average Bonchev–Trinajstić information content (AvgIpc) is 2.52. The highest BCUT2D eigenvalue weighted by Gasteiger charge is 2.18. The summed E-state index contributed by atoms with van der Waals surface area (Å²) in [4.78, 5) is 34.2. The molecule has 0 aromatic rings. The Balaban J connectivity index is 3.64. The van der Waals surface area contributed by atoms with Crippen molar-refractivity contribution in [2.24, 2.45) is 5.92 Å². The number of hydrogen-bond acceptors (Lipinski definition) is 6. The molecule has 7 nitrogen and oxygen atoms in total. The van der Waals surface area contributed by atoms with Crippen LogP contribution in [0.25, 0.3) is 0 Å². The molecule has 25 heavy (non-hydrogen) atoms. The van der Waals surface area contributed by atoms with Crippen LogP contribution in [0.5, 0.6) is 0 Å². The van der Waals surface area contributed by atoms with Crippen molar-refractivity contribution in [3.8, 4) is 0 Å². The molecule has 0 heterocycles. The maximum atomic E-state index is 11.8. The van der Waals surface area contributed by atoms with Gasteiger partial charge in [-0.05, 0) is 12.8 Å². The van der Waals surface area contributed by atoms with Gasteiger partial charge >= 0.3 is 5.97 Å². The molecule has 0 aliphatic rings. The number of ketones is 2. The Morgan fingerprint density at radius 3 is 2.16 bits per heavy atom. The molecule has 7 heteroatoms. The number of carbonyl (C=O) groups excluding carboxylic acids is 2. The number of ether oxygens (including phenoxy) is 2. The zero-order chi connectivity index (χ0) is 19.2. The van der Waals surface area contributed by atoms with Crippen molar-refractivity contribution in [2.45, 2.75) is 65.5 Å². The van der Waals surface area contributed by atoms with Crippen molar-refractivity contribution >= 4 is 17.5 Å². The van der Waals surface area contributed by atoms with Crippen molar-refractivity contribution in [1.29, 1.82) is 0 Å². The molecular formula is C18H33NO6. The predicted molar refractivity (Wildman–Crippen MR) is 94.7 cm³/mol. The summed E-state index contributed by atoms with van der Waals surface area (Å²) in [7, 11) is 0. The Bertz CT molecular complexity index is 408.